The number of benzene rings is 3. The number of aliphatic carboxylic acids is 1. The van der Waals surface area contributed by atoms with Gasteiger partial charge in [-0.2, -0.15) is 0 Å². The van der Waals surface area contributed by atoms with E-state index in [-0.39, 0.29) is 11.5 Å². The third-order valence-electron chi connectivity index (χ3n) is 4.89. The molecule has 0 bridgehead atoms. The molecule has 160 valence electrons. The molecule has 0 amide bonds. The minimum absolute atomic E-state index is 0.0350. The summed E-state index contributed by atoms with van der Waals surface area (Å²) in [6.45, 7) is 5.19. The normalized spacial score (nSPS) is 11.6. The third kappa shape index (κ3) is 4.94. The fraction of sp³-hybridized carbons (Fsp3) is 0.231. The van der Waals surface area contributed by atoms with Crippen molar-refractivity contribution in [2.45, 2.75) is 27.2 Å². The van der Waals surface area contributed by atoms with Gasteiger partial charge in [-0.05, 0) is 34.9 Å². The molecule has 31 heavy (non-hydrogen) atoms. The molecule has 0 aliphatic carbocycles. The predicted molar refractivity (Wildman–Crippen MR) is 122 cm³/mol. The van der Waals surface area contributed by atoms with Crippen molar-refractivity contribution in [1.29, 1.82) is 0 Å². The summed E-state index contributed by atoms with van der Waals surface area (Å²) in [5, 5.41) is 11.3. The van der Waals surface area contributed by atoms with Crippen molar-refractivity contribution in [3.63, 3.8) is 0 Å². The number of methoxy groups -OCH3 is 1. The Labute approximate surface area is 181 Å². The van der Waals surface area contributed by atoms with Gasteiger partial charge in [0.05, 0.1) is 12.7 Å². The Morgan fingerprint density at radius 2 is 1.77 bits per heavy atom. The molecule has 0 aromatic heterocycles. The second-order valence-corrected chi connectivity index (χ2v) is 7.68. The molecule has 5 nitrogen and oxygen atoms in total. The van der Waals surface area contributed by atoms with E-state index in [1.54, 1.807) is 12.1 Å². The van der Waals surface area contributed by atoms with Crippen LogP contribution in [0.5, 0.6) is 11.5 Å². The monoisotopic (exact) mass is 418 g/mol. The van der Waals surface area contributed by atoms with Crippen molar-refractivity contribution < 1.29 is 24.2 Å². The van der Waals surface area contributed by atoms with E-state index < -0.39 is 11.9 Å². The maximum atomic E-state index is 12.1. The average molecular weight is 418 g/mol. The molecule has 0 heterocycles. The number of rotatable bonds is 7. The number of hydrogen-bond donors (Lipinski definition) is 1. The van der Waals surface area contributed by atoms with Crippen LogP contribution in [-0.4, -0.2) is 24.2 Å². The molecule has 0 atom stereocenters. The van der Waals surface area contributed by atoms with Crippen molar-refractivity contribution in [3.05, 3.63) is 77.4 Å². The summed E-state index contributed by atoms with van der Waals surface area (Å²) in [4.78, 5) is 24.0. The molecule has 1 N–H and O–H groups in total. The summed E-state index contributed by atoms with van der Waals surface area (Å²) in [7, 11) is 1.48. The highest BCUT2D eigenvalue weighted by Crippen LogP contribution is 2.43. The molecule has 5 heteroatoms. The number of carbonyl (C=O) groups is 2. The fourth-order valence-electron chi connectivity index (χ4n) is 3.68. The average Bonchev–Trinajstić information content (AvgIpc) is 2.72. The van der Waals surface area contributed by atoms with Gasteiger partial charge in [0.2, 0.25) is 0 Å². The Morgan fingerprint density at radius 1 is 1.06 bits per heavy atom. The van der Waals surface area contributed by atoms with Gasteiger partial charge in [-0.25, -0.2) is 4.79 Å². The number of carboxylic acid groups (broad SMARTS) is 1. The SMILES string of the molecule is COc1cc(C(=CC(C)C)C(=O)O)c2cccc(Cc3ccccc3)c2c1OC(C)=O. The highest BCUT2D eigenvalue weighted by molar-refractivity contribution is 6.20. The van der Waals surface area contributed by atoms with Crippen LogP contribution in [0.4, 0.5) is 0 Å². The van der Waals surface area contributed by atoms with Crippen LogP contribution in [0.2, 0.25) is 0 Å². The highest BCUT2D eigenvalue weighted by Gasteiger charge is 2.23. The van der Waals surface area contributed by atoms with Crippen LogP contribution < -0.4 is 9.47 Å². The lowest BCUT2D eigenvalue weighted by molar-refractivity contribution is -0.132. The van der Waals surface area contributed by atoms with Gasteiger partial charge in [0, 0.05) is 17.9 Å². The van der Waals surface area contributed by atoms with E-state index in [9.17, 15) is 14.7 Å². The van der Waals surface area contributed by atoms with Gasteiger partial charge in [0.1, 0.15) is 0 Å². The summed E-state index contributed by atoms with van der Waals surface area (Å²) < 4.78 is 11.1. The second-order valence-electron chi connectivity index (χ2n) is 7.68. The molecule has 0 fully saturated rings. The lowest BCUT2D eigenvalue weighted by Gasteiger charge is -2.18. The van der Waals surface area contributed by atoms with Gasteiger partial charge >= 0.3 is 11.9 Å². The number of hydrogen-bond acceptors (Lipinski definition) is 4. The molecule has 3 rings (SSSR count). The lowest BCUT2D eigenvalue weighted by Crippen LogP contribution is -2.08. The molecule has 3 aromatic carbocycles. The molecule has 0 aliphatic heterocycles. The van der Waals surface area contributed by atoms with Crippen molar-refractivity contribution in [2.75, 3.05) is 7.11 Å². The van der Waals surface area contributed by atoms with Crippen LogP contribution in [0.3, 0.4) is 0 Å². The zero-order valence-corrected chi connectivity index (χ0v) is 18.1. The Balaban J connectivity index is 2.39. The van der Waals surface area contributed by atoms with E-state index in [2.05, 4.69) is 0 Å². The predicted octanol–water partition coefficient (Wildman–Crippen LogP) is 5.49. The number of esters is 1. The van der Waals surface area contributed by atoms with Crippen LogP contribution in [0.1, 0.15) is 37.5 Å². The zero-order chi connectivity index (χ0) is 22.5. The topological polar surface area (TPSA) is 72.8 Å². The quantitative estimate of drug-likeness (QED) is 0.312. The van der Waals surface area contributed by atoms with Crippen LogP contribution >= 0.6 is 0 Å². The largest absolute Gasteiger partial charge is 0.493 e. The Morgan fingerprint density at radius 3 is 2.35 bits per heavy atom. The number of fused-ring (bicyclic) bond motifs is 1. The second kappa shape index (κ2) is 9.47. The summed E-state index contributed by atoms with van der Waals surface area (Å²) in [6, 6.07) is 17.3. The van der Waals surface area contributed by atoms with E-state index in [1.807, 2.05) is 62.4 Å². The minimum atomic E-state index is -1.02. The minimum Gasteiger partial charge on any atom is -0.493 e. The van der Waals surface area contributed by atoms with Gasteiger partial charge in [-0.15, -0.1) is 0 Å². The number of ether oxygens (including phenoxy) is 2. The van der Waals surface area contributed by atoms with Gasteiger partial charge in [0.15, 0.2) is 11.5 Å². The maximum Gasteiger partial charge on any atom is 0.336 e. The van der Waals surface area contributed by atoms with Crippen LogP contribution in [0.15, 0.2) is 60.7 Å². The van der Waals surface area contributed by atoms with Crippen LogP contribution in [-0.2, 0) is 16.0 Å². The summed E-state index contributed by atoms with van der Waals surface area (Å²) in [5.41, 5.74) is 2.71. The van der Waals surface area contributed by atoms with E-state index in [1.165, 1.54) is 14.0 Å². The number of carboxylic acids is 1. The summed E-state index contributed by atoms with van der Waals surface area (Å²) in [6.07, 6.45) is 2.31. The molecular formula is C26H26O5. The fourth-order valence-corrected chi connectivity index (χ4v) is 3.68. The highest BCUT2D eigenvalue weighted by atomic mass is 16.6. The standard InChI is InChI=1S/C26H26O5/c1-16(2)13-22(26(28)29)21-15-23(30-4)25(31-17(3)27)24-19(11-8-12-20(21)24)14-18-9-6-5-7-10-18/h5-13,15-16H,14H2,1-4H3,(H,28,29). The first-order chi connectivity index (χ1) is 14.8. The molecule has 0 spiro atoms. The van der Waals surface area contributed by atoms with Gasteiger partial charge in [-0.3, -0.25) is 4.79 Å². The molecule has 3 aromatic rings. The molecule has 0 saturated carbocycles. The first kappa shape index (κ1) is 22.1. The molecular weight excluding hydrogens is 392 g/mol. The van der Waals surface area contributed by atoms with E-state index in [0.717, 1.165) is 11.1 Å². The number of carbonyl (C=O) groups excluding carboxylic acids is 1. The molecule has 0 aliphatic rings. The lowest BCUT2D eigenvalue weighted by atomic mass is 9.91. The van der Waals surface area contributed by atoms with E-state index >= 15 is 0 Å². The number of allylic oxidation sites excluding steroid dienone is 1. The van der Waals surface area contributed by atoms with E-state index in [0.29, 0.717) is 34.3 Å². The van der Waals surface area contributed by atoms with Gasteiger partial charge in [0.25, 0.3) is 0 Å². The Kier molecular flexibility index (Phi) is 6.75. The molecule has 0 saturated heterocycles. The van der Waals surface area contributed by atoms with Gasteiger partial charge < -0.3 is 14.6 Å². The summed E-state index contributed by atoms with van der Waals surface area (Å²) >= 11 is 0. The Bertz CT molecular complexity index is 1140. The first-order valence-corrected chi connectivity index (χ1v) is 10.1. The zero-order valence-electron chi connectivity index (χ0n) is 18.1. The van der Waals surface area contributed by atoms with Gasteiger partial charge in [-0.1, -0.05) is 68.5 Å². The van der Waals surface area contributed by atoms with Crippen LogP contribution in [0, 0.1) is 5.92 Å². The van der Waals surface area contributed by atoms with Crippen molar-refractivity contribution in [1.82, 2.24) is 0 Å². The van der Waals surface area contributed by atoms with Crippen LogP contribution in [0.25, 0.3) is 16.3 Å². The molecule has 0 radical (unpaired) electrons. The van der Waals surface area contributed by atoms with Crippen molar-refractivity contribution in [2.24, 2.45) is 5.92 Å². The molecule has 0 unspecified atom stereocenters. The Hall–Kier alpha value is -3.60. The maximum absolute atomic E-state index is 12.1. The van der Waals surface area contributed by atoms with Crippen molar-refractivity contribution >= 4 is 28.3 Å². The first-order valence-electron chi connectivity index (χ1n) is 10.1. The van der Waals surface area contributed by atoms with E-state index in [4.69, 9.17) is 9.47 Å². The summed E-state index contributed by atoms with van der Waals surface area (Å²) in [5.74, 6) is -0.847. The third-order valence-corrected chi connectivity index (χ3v) is 4.89. The smallest absolute Gasteiger partial charge is 0.336 e. The van der Waals surface area contributed by atoms with Crippen molar-refractivity contribution in [3.8, 4) is 11.5 Å².